The molecule has 1 fully saturated rings. The van der Waals surface area contributed by atoms with Crippen molar-refractivity contribution >= 4 is 27.5 Å². The van der Waals surface area contributed by atoms with Crippen LogP contribution in [0.1, 0.15) is 12.8 Å². The number of carbonyl (C=O) groups is 1. The van der Waals surface area contributed by atoms with Crippen LogP contribution in [0.5, 0.6) is 0 Å². The standard InChI is InChI=1S/C9H10BrN3O2/c10-5-3-6(7(14)12-4-5)13-8(15)9(11)1-2-9/h3-4H,1-2,11H2,(H,12,14)(H,13,15). The van der Waals surface area contributed by atoms with E-state index in [1.807, 2.05) is 0 Å². The van der Waals surface area contributed by atoms with Gasteiger partial charge in [-0.2, -0.15) is 0 Å². The molecule has 5 nitrogen and oxygen atoms in total. The third kappa shape index (κ3) is 2.10. The predicted molar refractivity (Wildman–Crippen MR) is 59.5 cm³/mol. The number of nitrogens with one attached hydrogen (secondary N) is 2. The summed E-state index contributed by atoms with van der Waals surface area (Å²) in [5.41, 5.74) is 4.80. The lowest BCUT2D eigenvalue weighted by atomic mass is 10.2. The number of carbonyl (C=O) groups excluding carboxylic acids is 1. The molecule has 1 heterocycles. The molecule has 0 saturated heterocycles. The summed E-state index contributed by atoms with van der Waals surface area (Å²) in [7, 11) is 0. The van der Waals surface area contributed by atoms with Gasteiger partial charge in [-0.25, -0.2) is 0 Å². The highest BCUT2D eigenvalue weighted by atomic mass is 79.9. The minimum atomic E-state index is -0.769. The van der Waals surface area contributed by atoms with E-state index < -0.39 is 5.54 Å². The second kappa shape index (κ2) is 3.46. The molecule has 0 unspecified atom stereocenters. The van der Waals surface area contributed by atoms with Crippen LogP contribution in [0.2, 0.25) is 0 Å². The number of nitrogens with two attached hydrogens (primary N) is 1. The van der Waals surface area contributed by atoms with Crippen LogP contribution in [0, 0.1) is 0 Å². The Morgan fingerprint density at radius 1 is 1.60 bits per heavy atom. The molecule has 6 heteroatoms. The Kier molecular flexibility index (Phi) is 2.40. The molecule has 1 saturated carbocycles. The van der Waals surface area contributed by atoms with E-state index in [1.54, 1.807) is 6.07 Å². The summed E-state index contributed by atoms with van der Waals surface area (Å²) in [6, 6.07) is 1.54. The highest BCUT2D eigenvalue weighted by Gasteiger charge is 2.46. The Bertz CT molecular complexity index is 465. The summed E-state index contributed by atoms with van der Waals surface area (Å²) in [6.07, 6.45) is 2.85. The van der Waals surface area contributed by atoms with Gasteiger partial charge in [0.25, 0.3) is 5.56 Å². The van der Waals surface area contributed by atoms with E-state index in [-0.39, 0.29) is 17.2 Å². The fraction of sp³-hybridized carbons (Fsp3) is 0.333. The number of H-pyrrole nitrogens is 1. The van der Waals surface area contributed by atoms with Crippen molar-refractivity contribution in [2.45, 2.75) is 18.4 Å². The summed E-state index contributed by atoms with van der Waals surface area (Å²) in [6.45, 7) is 0. The molecular formula is C9H10BrN3O2. The van der Waals surface area contributed by atoms with Crippen molar-refractivity contribution in [2.75, 3.05) is 5.32 Å². The molecule has 4 N–H and O–H groups in total. The maximum Gasteiger partial charge on any atom is 0.271 e. The second-order valence-electron chi connectivity index (χ2n) is 3.67. The largest absolute Gasteiger partial charge is 0.326 e. The van der Waals surface area contributed by atoms with E-state index in [1.165, 1.54) is 6.20 Å². The van der Waals surface area contributed by atoms with E-state index in [0.717, 1.165) is 0 Å². The molecule has 1 aromatic heterocycles. The third-order valence-corrected chi connectivity index (χ3v) is 2.81. The Morgan fingerprint density at radius 2 is 2.27 bits per heavy atom. The third-order valence-electron chi connectivity index (χ3n) is 2.36. The second-order valence-corrected chi connectivity index (χ2v) is 4.59. The monoisotopic (exact) mass is 271 g/mol. The molecule has 80 valence electrons. The maximum atomic E-state index is 11.6. The van der Waals surface area contributed by atoms with Crippen molar-refractivity contribution in [3.8, 4) is 0 Å². The van der Waals surface area contributed by atoms with Gasteiger partial charge in [-0.1, -0.05) is 0 Å². The predicted octanol–water partition coefficient (Wildman–Crippen LogP) is 0.567. The zero-order valence-electron chi connectivity index (χ0n) is 7.84. The first-order valence-electron chi connectivity index (χ1n) is 4.50. The fourth-order valence-electron chi connectivity index (χ4n) is 1.16. The number of anilines is 1. The molecule has 1 aliphatic rings. The molecule has 1 aromatic rings. The van der Waals surface area contributed by atoms with Gasteiger partial charge in [-0.3, -0.25) is 9.59 Å². The first-order chi connectivity index (χ1) is 7.01. The molecule has 1 amide bonds. The number of rotatable bonds is 2. The van der Waals surface area contributed by atoms with Crippen molar-refractivity contribution in [1.29, 1.82) is 0 Å². The van der Waals surface area contributed by atoms with Gasteiger partial charge in [0.2, 0.25) is 5.91 Å². The minimum absolute atomic E-state index is 0.214. The Hall–Kier alpha value is -1.14. The summed E-state index contributed by atoms with van der Waals surface area (Å²) < 4.78 is 0.694. The molecule has 0 aromatic carbocycles. The maximum absolute atomic E-state index is 11.6. The molecular weight excluding hydrogens is 262 g/mol. The lowest BCUT2D eigenvalue weighted by Crippen LogP contribution is -2.39. The average Bonchev–Trinajstić information content (AvgIpc) is 2.91. The number of hydrogen-bond acceptors (Lipinski definition) is 3. The van der Waals surface area contributed by atoms with Crippen LogP contribution >= 0.6 is 15.9 Å². The summed E-state index contributed by atoms with van der Waals surface area (Å²) >= 11 is 3.20. The van der Waals surface area contributed by atoms with Gasteiger partial charge in [0.15, 0.2) is 0 Å². The Balaban J connectivity index is 2.20. The van der Waals surface area contributed by atoms with Crippen molar-refractivity contribution in [1.82, 2.24) is 4.98 Å². The van der Waals surface area contributed by atoms with Crippen LogP contribution in [0.4, 0.5) is 5.69 Å². The van der Waals surface area contributed by atoms with Gasteiger partial charge in [0.05, 0.1) is 5.54 Å². The van der Waals surface area contributed by atoms with Crippen LogP contribution in [0.3, 0.4) is 0 Å². The highest BCUT2D eigenvalue weighted by Crippen LogP contribution is 2.33. The Morgan fingerprint density at radius 3 is 2.87 bits per heavy atom. The number of hydrogen-bond donors (Lipinski definition) is 3. The fourth-order valence-corrected chi connectivity index (χ4v) is 1.50. The molecule has 0 bridgehead atoms. The topological polar surface area (TPSA) is 88.0 Å². The van der Waals surface area contributed by atoms with Crippen LogP contribution in [-0.4, -0.2) is 16.4 Å². The van der Waals surface area contributed by atoms with E-state index in [0.29, 0.717) is 17.3 Å². The summed E-state index contributed by atoms with van der Waals surface area (Å²) in [4.78, 5) is 25.4. The summed E-state index contributed by atoms with van der Waals surface area (Å²) in [5, 5.41) is 2.52. The van der Waals surface area contributed by atoms with Gasteiger partial charge >= 0.3 is 0 Å². The van der Waals surface area contributed by atoms with Crippen LogP contribution < -0.4 is 16.6 Å². The average molecular weight is 272 g/mol. The zero-order valence-corrected chi connectivity index (χ0v) is 9.43. The SMILES string of the molecule is NC1(C(=O)Nc2cc(Br)c[nH]c2=O)CC1. The van der Waals surface area contributed by atoms with Gasteiger partial charge < -0.3 is 16.0 Å². The first kappa shape index (κ1) is 10.4. The molecule has 2 rings (SSSR count). The zero-order chi connectivity index (χ0) is 11.1. The van der Waals surface area contributed by atoms with Crippen molar-refractivity contribution < 1.29 is 4.79 Å². The molecule has 15 heavy (non-hydrogen) atoms. The Labute approximate surface area is 94.2 Å². The van der Waals surface area contributed by atoms with E-state index in [4.69, 9.17) is 5.73 Å². The lowest BCUT2D eigenvalue weighted by molar-refractivity contribution is -0.118. The van der Waals surface area contributed by atoms with E-state index in [2.05, 4.69) is 26.2 Å². The minimum Gasteiger partial charge on any atom is -0.326 e. The number of aromatic amines is 1. The summed E-state index contributed by atoms with van der Waals surface area (Å²) in [5.74, 6) is -0.300. The number of aromatic nitrogens is 1. The molecule has 0 aliphatic heterocycles. The number of pyridine rings is 1. The van der Waals surface area contributed by atoms with Gasteiger partial charge in [0, 0.05) is 10.7 Å². The van der Waals surface area contributed by atoms with Crippen LogP contribution in [0.15, 0.2) is 21.5 Å². The van der Waals surface area contributed by atoms with Crippen molar-refractivity contribution in [3.05, 3.63) is 27.1 Å². The van der Waals surface area contributed by atoms with Crippen molar-refractivity contribution in [2.24, 2.45) is 5.73 Å². The smallest absolute Gasteiger partial charge is 0.271 e. The van der Waals surface area contributed by atoms with E-state index >= 15 is 0 Å². The van der Waals surface area contributed by atoms with Crippen molar-refractivity contribution in [3.63, 3.8) is 0 Å². The molecule has 0 spiro atoms. The number of halogens is 1. The quantitative estimate of drug-likeness (QED) is 0.735. The van der Waals surface area contributed by atoms with Gasteiger partial charge in [-0.15, -0.1) is 0 Å². The molecule has 0 atom stereocenters. The van der Waals surface area contributed by atoms with E-state index in [9.17, 15) is 9.59 Å². The van der Waals surface area contributed by atoms with Crippen LogP contribution in [-0.2, 0) is 4.79 Å². The highest BCUT2D eigenvalue weighted by molar-refractivity contribution is 9.10. The first-order valence-corrected chi connectivity index (χ1v) is 5.29. The normalized spacial score (nSPS) is 17.2. The molecule has 0 radical (unpaired) electrons. The van der Waals surface area contributed by atoms with Crippen LogP contribution in [0.25, 0.3) is 0 Å². The van der Waals surface area contributed by atoms with Gasteiger partial charge in [-0.05, 0) is 34.8 Å². The van der Waals surface area contributed by atoms with Gasteiger partial charge in [0.1, 0.15) is 5.69 Å². The number of amides is 1. The molecule has 1 aliphatic carbocycles. The lowest BCUT2D eigenvalue weighted by Gasteiger charge is -2.09.